The molecule has 184 valence electrons. The molecular weight excluding hydrogens is 527 g/mol. The lowest BCUT2D eigenvalue weighted by molar-refractivity contribution is -0.116. The maximum absolute atomic E-state index is 12.8. The lowest BCUT2D eigenvalue weighted by atomic mass is 10.1. The van der Waals surface area contributed by atoms with Crippen LogP contribution in [0.5, 0.6) is 0 Å². The summed E-state index contributed by atoms with van der Waals surface area (Å²) in [6.45, 7) is -0.120. The van der Waals surface area contributed by atoms with Gasteiger partial charge in [0.25, 0.3) is 5.56 Å². The number of amides is 1. The average Bonchev–Trinajstić information content (AvgIpc) is 2.77. The minimum atomic E-state index is -4.03. The summed E-state index contributed by atoms with van der Waals surface area (Å²) in [6, 6.07) is 7.47. The molecule has 10 nitrogen and oxygen atoms in total. The fraction of sp³-hybridized carbons (Fsp3) is 0.409. The molecule has 0 saturated heterocycles. The van der Waals surface area contributed by atoms with E-state index in [0.29, 0.717) is 32.1 Å². The van der Waals surface area contributed by atoms with Crippen molar-refractivity contribution in [1.29, 1.82) is 0 Å². The van der Waals surface area contributed by atoms with E-state index in [1.54, 1.807) is 0 Å². The summed E-state index contributed by atoms with van der Waals surface area (Å²) in [5, 5.41) is 2.53. The molecule has 0 bridgehead atoms. The maximum atomic E-state index is 12.8. The Morgan fingerprint density at radius 2 is 1.82 bits per heavy atom. The second-order valence-corrected chi connectivity index (χ2v) is 10.4. The first-order chi connectivity index (χ1) is 16.0. The third kappa shape index (κ3) is 7.99. The first-order valence-corrected chi connectivity index (χ1v) is 13.3. The molecule has 5 N–H and O–H groups in total. The second-order valence-electron chi connectivity index (χ2n) is 7.73. The highest BCUT2D eigenvalue weighted by atomic mass is 79.9. The Labute approximate surface area is 205 Å². The highest BCUT2D eigenvalue weighted by Crippen LogP contribution is 2.35. The van der Waals surface area contributed by atoms with E-state index in [4.69, 9.17) is 21.9 Å². The van der Waals surface area contributed by atoms with Crippen LogP contribution >= 0.6 is 23.5 Å². The molecule has 2 rings (SSSR count). The van der Waals surface area contributed by atoms with E-state index in [0.717, 1.165) is 14.6 Å². The third-order valence-electron chi connectivity index (χ3n) is 5.14. The van der Waals surface area contributed by atoms with Gasteiger partial charge < -0.3 is 20.8 Å². The summed E-state index contributed by atoms with van der Waals surface area (Å²) in [5.41, 5.74) is 5.38. The van der Waals surface area contributed by atoms with Gasteiger partial charge in [-0.25, -0.2) is 9.36 Å². The number of rotatable bonds is 12. The van der Waals surface area contributed by atoms with Gasteiger partial charge in [0, 0.05) is 23.6 Å². The molecule has 0 aliphatic heterocycles. The number of aryl methyl sites for hydroxylation is 1. The number of carbonyl (C=O) groups is 1. The Morgan fingerprint density at radius 1 is 1.15 bits per heavy atom. The number of halogens is 1. The number of anilines is 2. The fourth-order valence-electron chi connectivity index (χ4n) is 3.37. The standard InChI is InChI=1S/C22H28BrN4O6P/c1-2-13-27-21(29)19(25-18(28)12-11-16-9-5-6-10-17(16)23)20(24)26(22(27)30)14-7-3-4-8-15-34(31,32)33/h1,5-6,9-10H,3-4,7-8,11-15,24H2,(H,25,28)(H2,31,32,33). The van der Waals surface area contributed by atoms with Gasteiger partial charge in [0.05, 0.1) is 6.54 Å². The second kappa shape index (κ2) is 12.7. The normalized spacial score (nSPS) is 11.2. The molecule has 34 heavy (non-hydrogen) atoms. The number of carbonyl (C=O) groups excluding carboxylic acids is 1. The van der Waals surface area contributed by atoms with Crippen LogP contribution in [0.2, 0.25) is 0 Å². The van der Waals surface area contributed by atoms with Crippen LogP contribution in [0.4, 0.5) is 11.5 Å². The molecule has 0 atom stereocenters. The number of aromatic nitrogens is 2. The van der Waals surface area contributed by atoms with Gasteiger partial charge in [-0.05, 0) is 30.9 Å². The first kappa shape index (κ1) is 27.6. The van der Waals surface area contributed by atoms with E-state index in [2.05, 4.69) is 27.2 Å². The maximum Gasteiger partial charge on any atom is 0.333 e. The smallest absolute Gasteiger partial charge is 0.333 e. The zero-order valence-corrected chi connectivity index (χ0v) is 21.1. The number of terminal acetylenes is 1. The molecular formula is C22H28BrN4O6P. The topological polar surface area (TPSA) is 157 Å². The molecule has 0 fully saturated rings. The van der Waals surface area contributed by atoms with Crippen molar-refractivity contribution in [3.8, 4) is 12.3 Å². The summed E-state index contributed by atoms with van der Waals surface area (Å²) < 4.78 is 13.8. The molecule has 0 aliphatic rings. The Hall–Kier alpha value is -2.64. The zero-order chi connectivity index (χ0) is 25.3. The van der Waals surface area contributed by atoms with Gasteiger partial charge in [-0.15, -0.1) is 6.42 Å². The van der Waals surface area contributed by atoms with Crippen molar-refractivity contribution in [3.63, 3.8) is 0 Å². The Morgan fingerprint density at radius 3 is 2.47 bits per heavy atom. The van der Waals surface area contributed by atoms with Gasteiger partial charge >= 0.3 is 13.3 Å². The van der Waals surface area contributed by atoms with Crippen LogP contribution in [0, 0.1) is 12.3 Å². The molecule has 1 aromatic carbocycles. The SMILES string of the molecule is C#CCn1c(=O)c(NC(=O)CCc2ccccc2Br)c(N)n(CCCCCCP(=O)(O)O)c1=O. The summed E-state index contributed by atoms with van der Waals surface area (Å²) in [5.74, 6) is 1.67. The minimum absolute atomic E-state index is 0.0926. The van der Waals surface area contributed by atoms with Crippen molar-refractivity contribution in [2.75, 3.05) is 17.2 Å². The van der Waals surface area contributed by atoms with Crippen LogP contribution in [0.25, 0.3) is 0 Å². The predicted molar refractivity (Wildman–Crippen MR) is 135 cm³/mol. The number of hydrogen-bond acceptors (Lipinski definition) is 5. The summed E-state index contributed by atoms with van der Waals surface area (Å²) >= 11 is 3.43. The van der Waals surface area contributed by atoms with Crippen LogP contribution in [0.1, 0.15) is 37.7 Å². The lowest BCUT2D eigenvalue weighted by Gasteiger charge is -2.16. The van der Waals surface area contributed by atoms with E-state index < -0.39 is 24.8 Å². The number of nitrogens with zero attached hydrogens (tertiary/aromatic N) is 2. The van der Waals surface area contributed by atoms with Gasteiger partial charge in [0.2, 0.25) is 5.91 Å². The molecule has 0 saturated carbocycles. The molecule has 1 amide bonds. The van der Waals surface area contributed by atoms with Gasteiger partial charge in [-0.3, -0.25) is 18.7 Å². The van der Waals surface area contributed by atoms with Crippen LogP contribution in [0.3, 0.4) is 0 Å². The van der Waals surface area contributed by atoms with Gasteiger partial charge in [-0.2, -0.15) is 0 Å². The van der Waals surface area contributed by atoms with Crippen LogP contribution in [-0.2, 0) is 28.9 Å². The number of nitrogens with one attached hydrogen (secondary N) is 1. The average molecular weight is 555 g/mol. The van der Waals surface area contributed by atoms with E-state index >= 15 is 0 Å². The van der Waals surface area contributed by atoms with E-state index in [1.165, 1.54) is 4.57 Å². The number of unbranched alkanes of at least 4 members (excludes halogenated alkanes) is 3. The quantitative estimate of drug-likeness (QED) is 0.178. The Kier molecular flexibility index (Phi) is 10.3. The molecule has 1 aromatic heterocycles. The van der Waals surface area contributed by atoms with E-state index in [-0.39, 0.29) is 37.2 Å². The van der Waals surface area contributed by atoms with Crippen molar-refractivity contribution < 1.29 is 19.1 Å². The van der Waals surface area contributed by atoms with Gasteiger partial charge in [-0.1, -0.05) is 52.9 Å². The monoisotopic (exact) mass is 554 g/mol. The van der Waals surface area contributed by atoms with Crippen molar-refractivity contribution in [3.05, 3.63) is 55.1 Å². The van der Waals surface area contributed by atoms with Crippen molar-refractivity contribution in [2.24, 2.45) is 0 Å². The molecule has 0 spiro atoms. The molecule has 1 heterocycles. The summed E-state index contributed by atoms with van der Waals surface area (Å²) in [6.07, 6.45) is 7.62. The third-order valence-corrected chi connectivity index (χ3v) is 6.81. The van der Waals surface area contributed by atoms with E-state index in [1.807, 2.05) is 24.3 Å². The summed E-state index contributed by atoms with van der Waals surface area (Å²) in [4.78, 5) is 56.0. The highest BCUT2D eigenvalue weighted by molar-refractivity contribution is 9.10. The summed E-state index contributed by atoms with van der Waals surface area (Å²) in [7, 11) is -4.03. The minimum Gasteiger partial charge on any atom is -0.383 e. The predicted octanol–water partition coefficient (Wildman–Crippen LogP) is 2.30. The number of nitrogen functional groups attached to an aromatic ring is 1. The lowest BCUT2D eigenvalue weighted by Crippen LogP contribution is -2.42. The number of benzene rings is 1. The van der Waals surface area contributed by atoms with Crippen LogP contribution in [-0.4, -0.2) is 31.0 Å². The number of nitrogens with two attached hydrogens (primary N) is 1. The Bertz CT molecular complexity index is 1230. The largest absolute Gasteiger partial charge is 0.383 e. The molecule has 2 aromatic rings. The van der Waals surface area contributed by atoms with Crippen molar-refractivity contribution in [1.82, 2.24) is 9.13 Å². The molecule has 12 heteroatoms. The highest BCUT2D eigenvalue weighted by Gasteiger charge is 2.19. The first-order valence-electron chi connectivity index (χ1n) is 10.7. The zero-order valence-electron chi connectivity index (χ0n) is 18.6. The van der Waals surface area contributed by atoms with Gasteiger partial charge in [0.1, 0.15) is 11.5 Å². The Balaban J connectivity index is 2.15. The van der Waals surface area contributed by atoms with Crippen molar-refractivity contribution in [2.45, 2.75) is 51.6 Å². The fourth-order valence-corrected chi connectivity index (χ4v) is 4.49. The molecule has 0 aliphatic carbocycles. The molecule has 0 unspecified atom stereocenters. The number of hydrogen-bond donors (Lipinski definition) is 4. The van der Waals surface area contributed by atoms with Crippen molar-refractivity contribution >= 4 is 40.9 Å². The van der Waals surface area contributed by atoms with Crippen LogP contribution < -0.4 is 22.3 Å². The van der Waals surface area contributed by atoms with Gasteiger partial charge in [0.15, 0.2) is 0 Å². The van der Waals surface area contributed by atoms with Crippen LogP contribution in [0.15, 0.2) is 38.3 Å². The van der Waals surface area contributed by atoms with E-state index in [9.17, 15) is 18.9 Å². The molecule has 0 radical (unpaired) electrons.